The Balaban J connectivity index is 2.02. The predicted octanol–water partition coefficient (Wildman–Crippen LogP) is 4.06. The van der Waals surface area contributed by atoms with Gasteiger partial charge in [-0.05, 0) is 49.7 Å². The first-order valence-electron chi connectivity index (χ1n) is 7.50. The van der Waals surface area contributed by atoms with Crippen LogP contribution in [0.3, 0.4) is 0 Å². The summed E-state index contributed by atoms with van der Waals surface area (Å²) in [4.78, 5) is 24.2. The smallest absolute Gasteiger partial charge is 0.251 e. The zero-order valence-corrected chi connectivity index (χ0v) is 14.9. The first kappa shape index (κ1) is 18.3. The van der Waals surface area contributed by atoms with Crippen molar-refractivity contribution >= 4 is 35.0 Å². The minimum atomic E-state index is -0.259. The number of hydrogen-bond acceptors (Lipinski definition) is 2. The summed E-state index contributed by atoms with van der Waals surface area (Å²) in [5.41, 5.74) is 1.82. The Labute approximate surface area is 151 Å². The lowest BCUT2D eigenvalue weighted by atomic mass is 10.1. The average molecular weight is 365 g/mol. The van der Waals surface area contributed by atoms with Crippen LogP contribution in [0.4, 0.5) is 0 Å². The number of carbonyl (C=O) groups is 2. The van der Waals surface area contributed by atoms with Crippen LogP contribution in [0.2, 0.25) is 10.0 Å². The molecule has 0 aliphatic carbocycles. The van der Waals surface area contributed by atoms with Crippen molar-refractivity contribution in [3.63, 3.8) is 0 Å². The van der Waals surface area contributed by atoms with Crippen LogP contribution in [0.1, 0.15) is 40.1 Å². The second-order valence-corrected chi connectivity index (χ2v) is 6.45. The van der Waals surface area contributed by atoms with Gasteiger partial charge in [-0.3, -0.25) is 9.59 Å². The van der Waals surface area contributed by atoms with E-state index in [1.807, 2.05) is 19.9 Å². The van der Waals surface area contributed by atoms with Crippen LogP contribution in [0.15, 0.2) is 42.5 Å². The third-order valence-corrected chi connectivity index (χ3v) is 3.98. The van der Waals surface area contributed by atoms with Gasteiger partial charge in [0.2, 0.25) is 0 Å². The van der Waals surface area contributed by atoms with Crippen LogP contribution in [0, 0.1) is 0 Å². The first-order valence-corrected chi connectivity index (χ1v) is 8.25. The number of amides is 2. The monoisotopic (exact) mass is 364 g/mol. The van der Waals surface area contributed by atoms with E-state index in [0.717, 1.165) is 5.56 Å². The van der Waals surface area contributed by atoms with Crippen LogP contribution in [-0.4, -0.2) is 17.9 Å². The zero-order chi connectivity index (χ0) is 17.7. The molecule has 0 aliphatic heterocycles. The molecular weight excluding hydrogens is 347 g/mol. The maximum absolute atomic E-state index is 12.2. The number of hydrogen-bond donors (Lipinski definition) is 2. The van der Waals surface area contributed by atoms with Crippen molar-refractivity contribution in [1.29, 1.82) is 0 Å². The molecule has 126 valence electrons. The minimum absolute atomic E-state index is 0.0653. The number of nitrogens with one attached hydrogen (secondary N) is 2. The summed E-state index contributed by atoms with van der Waals surface area (Å²) in [6.45, 7) is 4.11. The van der Waals surface area contributed by atoms with Gasteiger partial charge in [-0.1, -0.05) is 35.3 Å². The van der Waals surface area contributed by atoms with Crippen LogP contribution in [0.5, 0.6) is 0 Å². The largest absolute Gasteiger partial charge is 0.350 e. The van der Waals surface area contributed by atoms with Crippen molar-refractivity contribution in [1.82, 2.24) is 10.6 Å². The fourth-order valence-corrected chi connectivity index (χ4v) is 2.39. The van der Waals surface area contributed by atoms with Crippen LogP contribution in [0.25, 0.3) is 0 Å². The molecule has 0 aromatic heterocycles. The highest BCUT2D eigenvalue weighted by Crippen LogP contribution is 2.22. The summed E-state index contributed by atoms with van der Waals surface area (Å²) in [6.07, 6.45) is 0. The summed E-state index contributed by atoms with van der Waals surface area (Å²) in [6, 6.07) is 11.9. The van der Waals surface area contributed by atoms with Crippen molar-refractivity contribution in [3.8, 4) is 0 Å². The van der Waals surface area contributed by atoms with Crippen molar-refractivity contribution in [2.24, 2.45) is 0 Å². The van der Waals surface area contributed by atoms with Gasteiger partial charge in [0.15, 0.2) is 0 Å². The summed E-state index contributed by atoms with van der Waals surface area (Å²) in [5.74, 6) is -0.395. The van der Waals surface area contributed by atoms with Crippen LogP contribution < -0.4 is 10.6 Å². The summed E-state index contributed by atoms with van der Waals surface area (Å²) >= 11 is 11.8. The Kier molecular flexibility index (Phi) is 6.23. The molecule has 0 heterocycles. The molecule has 4 nitrogen and oxygen atoms in total. The van der Waals surface area contributed by atoms with E-state index in [-0.39, 0.29) is 17.9 Å². The third-order valence-electron chi connectivity index (χ3n) is 3.24. The van der Waals surface area contributed by atoms with E-state index in [0.29, 0.717) is 27.7 Å². The lowest BCUT2D eigenvalue weighted by molar-refractivity contribution is 0.0939. The average Bonchev–Trinajstić information content (AvgIpc) is 2.55. The van der Waals surface area contributed by atoms with Crippen molar-refractivity contribution in [2.75, 3.05) is 0 Å². The normalized spacial score (nSPS) is 10.5. The van der Waals surface area contributed by atoms with Gasteiger partial charge in [-0.2, -0.15) is 0 Å². The molecule has 0 atom stereocenters. The van der Waals surface area contributed by atoms with Gasteiger partial charge in [-0.25, -0.2) is 0 Å². The van der Waals surface area contributed by atoms with Gasteiger partial charge >= 0.3 is 0 Å². The van der Waals surface area contributed by atoms with Gasteiger partial charge in [-0.15, -0.1) is 0 Å². The van der Waals surface area contributed by atoms with Crippen molar-refractivity contribution in [3.05, 3.63) is 69.2 Å². The molecular formula is C18H18Cl2N2O2. The topological polar surface area (TPSA) is 58.2 Å². The zero-order valence-electron chi connectivity index (χ0n) is 13.4. The summed E-state index contributed by atoms with van der Waals surface area (Å²) in [5, 5.41) is 6.36. The highest BCUT2D eigenvalue weighted by atomic mass is 35.5. The Hall–Kier alpha value is -2.04. The maximum atomic E-state index is 12.2. The van der Waals surface area contributed by atoms with E-state index in [4.69, 9.17) is 23.2 Å². The number of rotatable bonds is 5. The van der Waals surface area contributed by atoms with Gasteiger partial charge in [0.1, 0.15) is 0 Å². The minimum Gasteiger partial charge on any atom is -0.350 e. The molecule has 0 unspecified atom stereocenters. The maximum Gasteiger partial charge on any atom is 0.251 e. The Morgan fingerprint density at radius 2 is 1.67 bits per heavy atom. The number of benzene rings is 2. The van der Waals surface area contributed by atoms with Gasteiger partial charge in [0, 0.05) is 23.7 Å². The first-order chi connectivity index (χ1) is 11.4. The van der Waals surface area contributed by atoms with Crippen LogP contribution >= 0.6 is 23.2 Å². The summed E-state index contributed by atoms with van der Waals surface area (Å²) in [7, 11) is 0. The molecule has 0 spiro atoms. The molecule has 2 amide bonds. The fraction of sp³-hybridized carbons (Fsp3) is 0.222. The van der Waals surface area contributed by atoms with E-state index in [9.17, 15) is 9.59 Å². The summed E-state index contributed by atoms with van der Waals surface area (Å²) < 4.78 is 0. The molecule has 6 heteroatoms. The van der Waals surface area contributed by atoms with E-state index < -0.39 is 0 Å². The van der Waals surface area contributed by atoms with Crippen LogP contribution in [-0.2, 0) is 6.54 Å². The van der Waals surface area contributed by atoms with Gasteiger partial charge in [0.25, 0.3) is 11.8 Å². The lowest BCUT2D eigenvalue weighted by Gasteiger charge is -2.10. The van der Waals surface area contributed by atoms with E-state index in [2.05, 4.69) is 10.6 Å². The SMILES string of the molecule is CC(C)NC(=O)c1cccc(CNC(=O)c2ccc(Cl)c(Cl)c2)c1. The van der Waals surface area contributed by atoms with E-state index >= 15 is 0 Å². The second-order valence-electron chi connectivity index (χ2n) is 5.64. The standard InChI is InChI=1S/C18H18Cl2N2O2/c1-11(2)22-18(24)13-5-3-4-12(8-13)10-21-17(23)14-6-7-15(19)16(20)9-14/h3-9,11H,10H2,1-2H3,(H,21,23)(H,22,24). The van der Waals surface area contributed by atoms with E-state index in [1.54, 1.807) is 30.3 Å². The molecule has 0 bridgehead atoms. The van der Waals surface area contributed by atoms with Crippen molar-refractivity contribution < 1.29 is 9.59 Å². The predicted molar refractivity (Wildman–Crippen MR) is 96.7 cm³/mol. The molecule has 24 heavy (non-hydrogen) atoms. The second kappa shape index (κ2) is 8.18. The van der Waals surface area contributed by atoms with Gasteiger partial charge < -0.3 is 10.6 Å². The highest BCUT2D eigenvalue weighted by molar-refractivity contribution is 6.42. The lowest BCUT2D eigenvalue weighted by Crippen LogP contribution is -2.30. The molecule has 2 N–H and O–H groups in total. The fourth-order valence-electron chi connectivity index (χ4n) is 2.09. The Morgan fingerprint density at radius 3 is 2.33 bits per heavy atom. The van der Waals surface area contributed by atoms with E-state index in [1.165, 1.54) is 6.07 Å². The molecule has 0 saturated heterocycles. The number of carbonyl (C=O) groups excluding carboxylic acids is 2. The molecule has 0 saturated carbocycles. The quantitative estimate of drug-likeness (QED) is 0.840. The molecule has 0 aliphatic rings. The Bertz CT molecular complexity index is 760. The van der Waals surface area contributed by atoms with Crippen molar-refractivity contribution in [2.45, 2.75) is 26.4 Å². The number of halogens is 2. The molecule has 0 radical (unpaired) electrons. The van der Waals surface area contributed by atoms with Gasteiger partial charge in [0.05, 0.1) is 10.0 Å². The molecule has 2 aromatic rings. The third kappa shape index (κ3) is 4.98. The molecule has 0 fully saturated rings. The highest BCUT2D eigenvalue weighted by Gasteiger charge is 2.10. The molecule has 2 aromatic carbocycles. The Morgan fingerprint density at radius 1 is 0.958 bits per heavy atom. The molecule has 2 rings (SSSR count).